The first-order chi connectivity index (χ1) is 12.0. The molecule has 0 aliphatic heterocycles. The predicted molar refractivity (Wildman–Crippen MR) is 93.7 cm³/mol. The minimum atomic E-state index is -0.219. The molecular weight excluding hydrogens is 342 g/mol. The van der Waals surface area contributed by atoms with Gasteiger partial charge in [0.1, 0.15) is 5.76 Å². The SMILES string of the molecule is Cc1nn(Cc2ccc(C(=O)NCCCn3ccnc3)o2)c(C)c1Cl. The van der Waals surface area contributed by atoms with Crippen molar-refractivity contribution in [1.29, 1.82) is 0 Å². The molecule has 0 unspecified atom stereocenters. The first-order valence-corrected chi connectivity index (χ1v) is 8.44. The van der Waals surface area contributed by atoms with E-state index in [4.69, 9.17) is 16.0 Å². The van der Waals surface area contributed by atoms with Gasteiger partial charge in [-0.3, -0.25) is 9.48 Å². The summed E-state index contributed by atoms with van der Waals surface area (Å²) >= 11 is 6.14. The lowest BCUT2D eigenvalue weighted by Crippen LogP contribution is -2.24. The molecule has 0 aliphatic rings. The minimum absolute atomic E-state index is 0.219. The van der Waals surface area contributed by atoms with Gasteiger partial charge in [0, 0.05) is 25.5 Å². The number of hydrogen-bond acceptors (Lipinski definition) is 4. The Kier molecular flexibility index (Phi) is 5.23. The Bertz CT molecular complexity index is 851. The third-order valence-corrected chi connectivity index (χ3v) is 4.47. The summed E-state index contributed by atoms with van der Waals surface area (Å²) in [5, 5.41) is 7.87. The summed E-state index contributed by atoms with van der Waals surface area (Å²) in [5.41, 5.74) is 1.66. The minimum Gasteiger partial charge on any atom is -0.454 e. The molecule has 3 aromatic rings. The van der Waals surface area contributed by atoms with Gasteiger partial charge < -0.3 is 14.3 Å². The maximum absolute atomic E-state index is 12.1. The lowest BCUT2D eigenvalue weighted by molar-refractivity contribution is 0.0923. The van der Waals surface area contributed by atoms with Crippen LogP contribution in [-0.2, 0) is 13.1 Å². The highest BCUT2D eigenvalue weighted by Gasteiger charge is 2.14. The number of aryl methyl sites for hydroxylation is 2. The van der Waals surface area contributed by atoms with Gasteiger partial charge >= 0.3 is 0 Å². The highest BCUT2D eigenvalue weighted by molar-refractivity contribution is 6.31. The third-order valence-electron chi connectivity index (χ3n) is 3.92. The molecule has 0 spiro atoms. The highest BCUT2D eigenvalue weighted by atomic mass is 35.5. The number of furan rings is 1. The van der Waals surface area contributed by atoms with Crippen LogP contribution in [0, 0.1) is 13.8 Å². The fourth-order valence-corrected chi connectivity index (χ4v) is 2.67. The van der Waals surface area contributed by atoms with Gasteiger partial charge in [-0.25, -0.2) is 4.98 Å². The zero-order chi connectivity index (χ0) is 17.8. The topological polar surface area (TPSA) is 77.9 Å². The quantitative estimate of drug-likeness (QED) is 0.656. The number of aromatic nitrogens is 4. The molecule has 132 valence electrons. The summed E-state index contributed by atoms with van der Waals surface area (Å²) in [7, 11) is 0. The summed E-state index contributed by atoms with van der Waals surface area (Å²) < 4.78 is 9.36. The molecule has 0 aromatic carbocycles. The Hall–Kier alpha value is -2.54. The van der Waals surface area contributed by atoms with Crippen molar-refractivity contribution in [2.24, 2.45) is 0 Å². The normalized spacial score (nSPS) is 11.0. The van der Waals surface area contributed by atoms with Crippen molar-refractivity contribution in [3.8, 4) is 0 Å². The van der Waals surface area contributed by atoms with Crippen LogP contribution >= 0.6 is 11.6 Å². The number of nitrogens with zero attached hydrogens (tertiary/aromatic N) is 4. The number of carbonyl (C=O) groups is 1. The van der Waals surface area contributed by atoms with Crippen LogP contribution in [0.5, 0.6) is 0 Å². The first kappa shape index (κ1) is 17.3. The monoisotopic (exact) mass is 361 g/mol. The lowest BCUT2D eigenvalue weighted by atomic mass is 10.3. The number of nitrogens with one attached hydrogen (secondary N) is 1. The van der Waals surface area contributed by atoms with Crippen molar-refractivity contribution in [3.63, 3.8) is 0 Å². The lowest BCUT2D eigenvalue weighted by Gasteiger charge is -2.04. The van der Waals surface area contributed by atoms with Crippen LogP contribution in [0.1, 0.15) is 34.1 Å². The average Bonchev–Trinajstić information content (AvgIpc) is 3.32. The van der Waals surface area contributed by atoms with Crippen molar-refractivity contribution in [2.75, 3.05) is 6.54 Å². The smallest absolute Gasteiger partial charge is 0.286 e. The molecule has 7 nitrogen and oxygen atoms in total. The predicted octanol–water partition coefficient (Wildman–Crippen LogP) is 2.81. The number of halogens is 1. The average molecular weight is 362 g/mol. The standard InChI is InChI=1S/C17H20ClN5O2/c1-12-16(18)13(2)23(21-12)10-14-4-5-15(25-14)17(24)20-6-3-8-22-9-7-19-11-22/h4-5,7,9,11H,3,6,8,10H2,1-2H3,(H,20,24). The van der Waals surface area contributed by atoms with Crippen LogP contribution in [0.3, 0.4) is 0 Å². The van der Waals surface area contributed by atoms with E-state index in [0.29, 0.717) is 29.6 Å². The molecule has 25 heavy (non-hydrogen) atoms. The van der Waals surface area contributed by atoms with Crippen LogP contribution < -0.4 is 5.32 Å². The molecule has 0 aliphatic carbocycles. The van der Waals surface area contributed by atoms with Crippen LogP contribution in [-0.4, -0.2) is 31.8 Å². The van der Waals surface area contributed by atoms with Gasteiger partial charge in [0.05, 0.1) is 29.3 Å². The van der Waals surface area contributed by atoms with Crippen molar-refractivity contribution in [1.82, 2.24) is 24.6 Å². The molecular formula is C17H20ClN5O2. The molecule has 0 saturated carbocycles. The Morgan fingerprint density at radius 1 is 1.36 bits per heavy atom. The summed E-state index contributed by atoms with van der Waals surface area (Å²) in [6.07, 6.45) is 6.20. The van der Waals surface area contributed by atoms with Gasteiger partial charge in [-0.2, -0.15) is 5.10 Å². The molecule has 0 saturated heterocycles. The van der Waals surface area contributed by atoms with Gasteiger partial charge in [0.15, 0.2) is 5.76 Å². The molecule has 3 aromatic heterocycles. The summed E-state index contributed by atoms with van der Waals surface area (Å²) in [6, 6.07) is 3.46. The molecule has 3 heterocycles. The first-order valence-electron chi connectivity index (χ1n) is 8.06. The second-order valence-corrected chi connectivity index (χ2v) is 6.20. The van der Waals surface area contributed by atoms with E-state index in [0.717, 1.165) is 24.4 Å². The van der Waals surface area contributed by atoms with E-state index in [2.05, 4.69) is 15.4 Å². The number of carbonyl (C=O) groups excluding carboxylic acids is 1. The van der Waals surface area contributed by atoms with E-state index in [-0.39, 0.29) is 5.91 Å². The van der Waals surface area contributed by atoms with Gasteiger partial charge in [0.25, 0.3) is 5.91 Å². The van der Waals surface area contributed by atoms with Crippen LogP contribution in [0.15, 0.2) is 35.3 Å². The van der Waals surface area contributed by atoms with Gasteiger partial charge in [-0.15, -0.1) is 0 Å². The number of hydrogen-bond donors (Lipinski definition) is 1. The van der Waals surface area contributed by atoms with Crippen LogP contribution in [0.25, 0.3) is 0 Å². The van der Waals surface area contributed by atoms with Crippen molar-refractivity contribution < 1.29 is 9.21 Å². The molecule has 0 radical (unpaired) electrons. The molecule has 0 bridgehead atoms. The molecule has 0 fully saturated rings. The summed E-state index contributed by atoms with van der Waals surface area (Å²) in [6.45, 7) is 5.57. The number of imidazole rings is 1. The largest absolute Gasteiger partial charge is 0.454 e. The Balaban J connectivity index is 1.51. The van der Waals surface area contributed by atoms with Crippen LogP contribution in [0.4, 0.5) is 0 Å². The Morgan fingerprint density at radius 3 is 2.88 bits per heavy atom. The molecule has 8 heteroatoms. The van der Waals surface area contributed by atoms with E-state index < -0.39 is 0 Å². The van der Waals surface area contributed by atoms with E-state index >= 15 is 0 Å². The zero-order valence-electron chi connectivity index (χ0n) is 14.2. The van der Waals surface area contributed by atoms with E-state index in [1.807, 2.05) is 24.6 Å². The number of rotatable bonds is 7. The van der Waals surface area contributed by atoms with Gasteiger partial charge in [-0.1, -0.05) is 11.6 Å². The Labute approximate surface area is 150 Å². The number of amides is 1. The van der Waals surface area contributed by atoms with Crippen molar-refractivity contribution in [2.45, 2.75) is 33.4 Å². The van der Waals surface area contributed by atoms with E-state index in [9.17, 15) is 4.79 Å². The highest BCUT2D eigenvalue weighted by Crippen LogP contribution is 2.20. The van der Waals surface area contributed by atoms with Crippen molar-refractivity contribution >= 4 is 17.5 Å². The van der Waals surface area contributed by atoms with E-state index in [1.54, 1.807) is 29.3 Å². The third kappa shape index (κ3) is 4.11. The maximum Gasteiger partial charge on any atom is 0.286 e. The Morgan fingerprint density at radius 2 is 2.20 bits per heavy atom. The van der Waals surface area contributed by atoms with E-state index in [1.165, 1.54) is 0 Å². The van der Waals surface area contributed by atoms with Gasteiger partial charge in [-0.05, 0) is 32.4 Å². The maximum atomic E-state index is 12.1. The summed E-state index contributed by atoms with van der Waals surface area (Å²) in [4.78, 5) is 16.1. The zero-order valence-corrected chi connectivity index (χ0v) is 15.0. The second-order valence-electron chi connectivity index (χ2n) is 5.82. The summed E-state index contributed by atoms with van der Waals surface area (Å²) in [5.74, 6) is 0.736. The molecule has 0 atom stereocenters. The fourth-order valence-electron chi connectivity index (χ4n) is 2.53. The molecule has 1 N–H and O–H groups in total. The molecule has 3 rings (SSSR count). The van der Waals surface area contributed by atoms with Crippen molar-refractivity contribution in [3.05, 3.63) is 58.8 Å². The van der Waals surface area contributed by atoms with Crippen LogP contribution in [0.2, 0.25) is 5.02 Å². The molecule has 1 amide bonds. The second kappa shape index (κ2) is 7.57. The fraction of sp³-hybridized carbons (Fsp3) is 0.353. The van der Waals surface area contributed by atoms with Gasteiger partial charge in [0.2, 0.25) is 0 Å².